The Labute approximate surface area is 86.2 Å². The van der Waals surface area contributed by atoms with Crippen molar-refractivity contribution >= 4 is 5.97 Å². The molecular formula is C11H9NO3. The number of carboxylic acids is 1. The van der Waals surface area contributed by atoms with Gasteiger partial charge in [0.15, 0.2) is 12.1 Å². The lowest BCUT2D eigenvalue weighted by atomic mass is 10.1. The normalized spacial score (nSPS) is 10.1. The van der Waals surface area contributed by atoms with Gasteiger partial charge in [-0.2, -0.15) is 0 Å². The predicted octanol–water partition coefficient (Wildman–Crippen LogP) is 1.96. The van der Waals surface area contributed by atoms with Crippen LogP contribution in [0.2, 0.25) is 0 Å². The molecule has 4 heteroatoms. The molecule has 0 radical (unpaired) electrons. The van der Waals surface area contributed by atoms with E-state index < -0.39 is 5.97 Å². The zero-order chi connectivity index (χ0) is 10.7. The SMILES string of the molecule is O=C(O)c1ncoc1Cc1ccccc1. The van der Waals surface area contributed by atoms with E-state index in [2.05, 4.69) is 4.98 Å². The number of carboxylic acid groups (broad SMARTS) is 1. The summed E-state index contributed by atoms with van der Waals surface area (Å²) in [6, 6.07) is 9.52. The second-order valence-electron chi connectivity index (χ2n) is 3.09. The number of rotatable bonds is 3. The van der Waals surface area contributed by atoms with Gasteiger partial charge in [-0.1, -0.05) is 30.3 Å². The van der Waals surface area contributed by atoms with E-state index in [1.807, 2.05) is 30.3 Å². The van der Waals surface area contributed by atoms with Gasteiger partial charge in [0.05, 0.1) is 0 Å². The van der Waals surface area contributed by atoms with Crippen LogP contribution in [-0.4, -0.2) is 16.1 Å². The van der Waals surface area contributed by atoms with Gasteiger partial charge < -0.3 is 9.52 Å². The van der Waals surface area contributed by atoms with Crippen molar-refractivity contribution in [2.24, 2.45) is 0 Å². The Hall–Kier alpha value is -2.10. The van der Waals surface area contributed by atoms with Crippen LogP contribution in [0.3, 0.4) is 0 Å². The Morgan fingerprint density at radius 1 is 1.33 bits per heavy atom. The highest BCUT2D eigenvalue weighted by Gasteiger charge is 2.15. The van der Waals surface area contributed by atoms with E-state index in [1.165, 1.54) is 0 Å². The third-order valence-electron chi connectivity index (χ3n) is 2.05. The molecule has 0 spiro atoms. The van der Waals surface area contributed by atoms with Crippen molar-refractivity contribution < 1.29 is 14.3 Å². The molecule has 4 nitrogen and oxygen atoms in total. The number of benzene rings is 1. The summed E-state index contributed by atoms with van der Waals surface area (Å²) in [4.78, 5) is 14.4. The zero-order valence-corrected chi connectivity index (χ0v) is 7.88. The van der Waals surface area contributed by atoms with Crippen molar-refractivity contribution in [1.29, 1.82) is 0 Å². The fraction of sp³-hybridized carbons (Fsp3) is 0.0909. The van der Waals surface area contributed by atoms with Gasteiger partial charge in [0.25, 0.3) is 0 Å². The van der Waals surface area contributed by atoms with Crippen LogP contribution in [-0.2, 0) is 6.42 Å². The molecule has 0 fully saturated rings. The smallest absolute Gasteiger partial charge is 0.358 e. The number of aromatic carboxylic acids is 1. The number of oxazole rings is 1. The summed E-state index contributed by atoms with van der Waals surface area (Å²) in [6.45, 7) is 0. The van der Waals surface area contributed by atoms with E-state index in [4.69, 9.17) is 9.52 Å². The molecule has 0 aliphatic carbocycles. The largest absolute Gasteiger partial charge is 0.476 e. The zero-order valence-electron chi connectivity index (χ0n) is 7.88. The average Bonchev–Trinajstić information content (AvgIpc) is 2.67. The molecule has 0 atom stereocenters. The van der Waals surface area contributed by atoms with E-state index in [-0.39, 0.29) is 5.69 Å². The van der Waals surface area contributed by atoms with Gasteiger partial charge in [-0.05, 0) is 5.56 Å². The van der Waals surface area contributed by atoms with Crippen molar-refractivity contribution in [2.45, 2.75) is 6.42 Å². The maximum Gasteiger partial charge on any atom is 0.358 e. The lowest BCUT2D eigenvalue weighted by Gasteiger charge is -1.97. The number of hydrogen-bond acceptors (Lipinski definition) is 3. The van der Waals surface area contributed by atoms with E-state index in [1.54, 1.807) is 0 Å². The van der Waals surface area contributed by atoms with Gasteiger partial charge in [0.2, 0.25) is 0 Å². The highest BCUT2D eigenvalue weighted by molar-refractivity contribution is 5.86. The lowest BCUT2D eigenvalue weighted by molar-refractivity contribution is 0.0689. The van der Waals surface area contributed by atoms with Crippen LogP contribution in [0, 0.1) is 0 Å². The Balaban J connectivity index is 2.25. The molecule has 0 saturated heterocycles. The predicted molar refractivity (Wildman–Crippen MR) is 52.7 cm³/mol. The number of aromatic nitrogens is 1. The Bertz CT molecular complexity index is 462. The van der Waals surface area contributed by atoms with Gasteiger partial charge in [-0.25, -0.2) is 9.78 Å². The summed E-state index contributed by atoms with van der Waals surface area (Å²) in [7, 11) is 0. The first-order valence-corrected chi connectivity index (χ1v) is 4.47. The summed E-state index contributed by atoms with van der Waals surface area (Å²) < 4.78 is 5.04. The van der Waals surface area contributed by atoms with Gasteiger partial charge in [0.1, 0.15) is 5.76 Å². The molecule has 0 saturated carbocycles. The Kier molecular flexibility index (Phi) is 2.49. The summed E-state index contributed by atoms with van der Waals surface area (Å²) in [5, 5.41) is 8.81. The van der Waals surface area contributed by atoms with Crippen LogP contribution in [0.15, 0.2) is 41.1 Å². The standard InChI is InChI=1S/C11H9NO3/c13-11(14)10-9(15-7-12-10)6-8-4-2-1-3-5-8/h1-5,7H,6H2,(H,13,14). The van der Waals surface area contributed by atoms with Gasteiger partial charge in [-0.3, -0.25) is 0 Å². The summed E-state index contributed by atoms with van der Waals surface area (Å²) in [5.41, 5.74) is 0.982. The van der Waals surface area contributed by atoms with Gasteiger partial charge >= 0.3 is 5.97 Å². The molecule has 2 aromatic rings. The third kappa shape index (κ3) is 2.04. The fourth-order valence-corrected chi connectivity index (χ4v) is 1.35. The monoisotopic (exact) mass is 203 g/mol. The molecule has 1 aromatic carbocycles. The molecule has 0 aliphatic rings. The maximum atomic E-state index is 10.8. The van der Waals surface area contributed by atoms with Crippen LogP contribution in [0.1, 0.15) is 21.8 Å². The summed E-state index contributed by atoms with van der Waals surface area (Å²) >= 11 is 0. The molecule has 2 rings (SSSR count). The average molecular weight is 203 g/mol. The van der Waals surface area contributed by atoms with Crippen LogP contribution in [0.5, 0.6) is 0 Å². The molecule has 0 unspecified atom stereocenters. The molecule has 15 heavy (non-hydrogen) atoms. The topological polar surface area (TPSA) is 63.3 Å². The van der Waals surface area contributed by atoms with E-state index >= 15 is 0 Å². The molecule has 76 valence electrons. The maximum absolute atomic E-state index is 10.8. The minimum atomic E-state index is -1.06. The number of hydrogen-bond donors (Lipinski definition) is 1. The second-order valence-corrected chi connectivity index (χ2v) is 3.09. The second kappa shape index (κ2) is 3.96. The molecule has 1 N–H and O–H groups in total. The van der Waals surface area contributed by atoms with Crippen LogP contribution in [0.4, 0.5) is 0 Å². The van der Waals surface area contributed by atoms with E-state index in [9.17, 15) is 4.79 Å². The highest BCUT2D eigenvalue weighted by Crippen LogP contribution is 2.12. The molecule has 0 aliphatic heterocycles. The highest BCUT2D eigenvalue weighted by atomic mass is 16.4. The van der Waals surface area contributed by atoms with Gasteiger partial charge in [0, 0.05) is 6.42 Å². The number of carbonyl (C=O) groups is 1. The molecular weight excluding hydrogens is 194 g/mol. The van der Waals surface area contributed by atoms with Crippen molar-refractivity contribution in [1.82, 2.24) is 4.98 Å². The van der Waals surface area contributed by atoms with E-state index in [0.29, 0.717) is 12.2 Å². The fourth-order valence-electron chi connectivity index (χ4n) is 1.35. The molecule has 1 heterocycles. The summed E-state index contributed by atoms with van der Waals surface area (Å²) in [6.07, 6.45) is 1.60. The minimum absolute atomic E-state index is 0.0150. The minimum Gasteiger partial charge on any atom is -0.476 e. The van der Waals surface area contributed by atoms with Crippen LogP contribution in [0.25, 0.3) is 0 Å². The van der Waals surface area contributed by atoms with Crippen molar-refractivity contribution in [3.63, 3.8) is 0 Å². The lowest BCUT2D eigenvalue weighted by Crippen LogP contribution is -2.01. The summed E-state index contributed by atoms with van der Waals surface area (Å²) in [5.74, 6) is -0.677. The van der Waals surface area contributed by atoms with Crippen LogP contribution < -0.4 is 0 Å². The third-order valence-corrected chi connectivity index (χ3v) is 2.05. The Morgan fingerprint density at radius 2 is 2.07 bits per heavy atom. The molecule has 0 amide bonds. The van der Waals surface area contributed by atoms with Crippen molar-refractivity contribution in [2.75, 3.05) is 0 Å². The first-order valence-electron chi connectivity index (χ1n) is 4.47. The van der Waals surface area contributed by atoms with Crippen LogP contribution >= 0.6 is 0 Å². The first-order chi connectivity index (χ1) is 7.27. The quantitative estimate of drug-likeness (QED) is 0.828. The van der Waals surface area contributed by atoms with Crippen molar-refractivity contribution in [3.8, 4) is 0 Å². The molecule has 1 aromatic heterocycles. The first kappa shape index (κ1) is 9.45. The van der Waals surface area contributed by atoms with E-state index in [0.717, 1.165) is 12.0 Å². The number of nitrogens with zero attached hydrogens (tertiary/aromatic N) is 1. The van der Waals surface area contributed by atoms with Gasteiger partial charge in [-0.15, -0.1) is 0 Å². The molecule has 0 bridgehead atoms. The Morgan fingerprint density at radius 3 is 2.73 bits per heavy atom. The van der Waals surface area contributed by atoms with Crippen molar-refractivity contribution in [3.05, 3.63) is 53.7 Å².